The van der Waals surface area contributed by atoms with Gasteiger partial charge in [0.25, 0.3) is 0 Å². The van der Waals surface area contributed by atoms with Crippen LogP contribution in [0.25, 0.3) is 32.9 Å². The second-order valence-electron chi connectivity index (χ2n) is 10.2. The Morgan fingerprint density at radius 2 is 1.97 bits per heavy atom. The third-order valence-electron chi connectivity index (χ3n) is 6.44. The summed E-state index contributed by atoms with van der Waals surface area (Å²) >= 11 is 0. The minimum atomic E-state index is -0.657. The van der Waals surface area contributed by atoms with E-state index in [0.717, 1.165) is 10.8 Å². The molecule has 0 bridgehead atoms. The van der Waals surface area contributed by atoms with Gasteiger partial charge in [-0.25, -0.2) is 19.2 Å². The topological polar surface area (TPSA) is 115 Å². The third kappa shape index (κ3) is 4.75. The fraction of sp³-hybridized carbons (Fsp3) is 0.321. The molecule has 2 aromatic carbocycles. The highest BCUT2D eigenvalue weighted by Gasteiger charge is 2.34. The number of nitrogens with zero attached hydrogens (tertiary/aromatic N) is 6. The van der Waals surface area contributed by atoms with E-state index in [4.69, 9.17) is 4.74 Å². The van der Waals surface area contributed by atoms with Gasteiger partial charge in [0, 0.05) is 31.4 Å². The molecular formula is C28H27FN6O3. The maximum absolute atomic E-state index is 15.9. The van der Waals surface area contributed by atoms with Crippen molar-refractivity contribution in [1.29, 1.82) is 5.26 Å². The number of halogens is 1. The van der Waals surface area contributed by atoms with E-state index in [0.29, 0.717) is 36.4 Å². The lowest BCUT2D eigenvalue weighted by molar-refractivity contribution is 0.0145. The van der Waals surface area contributed by atoms with Crippen molar-refractivity contribution in [3.8, 4) is 23.1 Å². The van der Waals surface area contributed by atoms with Gasteiger partial charge in [-0.3, -0.25) is 4.98 Å². The van der Waals surface area contributed by atoms with Crippen LogP contribution in [-0.2, 0) is 4.74 Å². The first-order valence-electron chi connectivity index (χ1n) is 12.3. The van der Waals surface area contributed by atoms with Crippen LogP contribution in [0.4, 0.5) is 15.0 Å². The number of carbonyl (C=O) groups excluding carboxylic acids is 1. The summed E-state index contributed by atoms with van der Waals surface area (Å²) in [7, 11) is 0. The van der Waals surface area contributed by atoms with E-state index in [1.54, 1.807) is 31.7 Å². The van der Waals surface area contributed by atoms with E-state index in [1.807, 2.05) is 29.2 Å². The number of hydrogen-bond donors (Lipinski definition) is 1. The number of hydrogen-bond acceptors (Lipinski definition) is 8. The van der Waals surface area contributed by atoms with Crippen LogP contribution in [0.3, 0.4) is 0 Å². The van der Waals surface area contributed by atoms with Crippen LogP contribution in [0.15, 0.2) is 48.9 Å². The van der Waals surface area contributed by atoms with E-state index in [9.17, 15) is 15.2 Å². The van der Waals surface area contributed by atoms with Gasteiger partial charge in [0.15, 0.2) is 5.82 Å². The van der Waals surface area contributed by atoms with E-state index >= 15 is 4.39 Å². The Morgan fingerprint density at radius 3 is 2.74 bits per heavy atom. The van der Waals surface area contributed by atoms with Gasteiger partial charge in [0.1, 0.15) is 34.7 Å². The Balaban J connectivity index is 1.51. The van der Waals surface area contributed by atoms with E-state index in [-0.39, 0.29) is 23.4 Å². The number of fused-ring (bicyclic) bond motifs is 2. The standard InChI is InChI=1S/C28H27FN6O3/c1-28(2,3)38-27(37)35-11-10-34(15-18(35)8-9-30)26-22-14-31-24(23(29)25(22)32-16-33-26)21-13-19(36)12-17-6-4-5-7-20(17)21/h4-7,12-14,16,18,36H,8,10-11,15H2,1-3H3/t18-/m0/s1. The highest BCUT2D eigenvalue weighted by Crippen LogP contribution is 2.36. The molecule has 0 saturated carbocycles. The van der Waals surface area contributed by atoms with E-state index in [2.05, 4.69) is 21.0 Å². The summed E-state index contributed by atoms with van der Waals surface area (Å²) in [5, 5.41) is 21.6. The van der Waals surface area contributed by atoms with Crippen molar-refractivity contribution < 1.29 is 19.0 Å². The number of rotatable bonds is 3. The average molecular weight is 515 g/mol. The van der Waals surface area contributed by atoms with Crippen LogP contribution in [0.5, 0.6) is 5.75 Å². The van der Waals surface area contributed by atoms with Crippen molar-refractivity contribution in [1.82, 2.24) is 19.9 Å². The van der Waals surface area contributed by atoms with Gasteiger partial charge in [-0.1, -0.05) is 24.3 Å². The molecule has 10 heteroatoms. The summed E-state index contributed by atoms with van der Waals surface area (Å²) in [6, 6.07) is 12.2. The van der Waals surface area contributed by atoms with Crippen molar-refractivity contribution in [2.24, 2.45) is 0 Å². The predicted molar refractivity (Wildman–Crippen MR) is 141 cm³/mol. The number of nitriles is 1. The second-order valence-corrected chi connectivity index (χ2v) is 10.2. The smallest absolute Gasteiger partial charge is 0.410 e. The summed E-state index contributed by atoms with van der Waals surface area (Å²) in [4.78, 5) is 29.3. The minimum absolute atomic E-state index is 0.00904. The zero-order valence-corrected chi connectivity index (χ0v) is 21.3. The first kappa shape index (κ1) is 25.1. The third-order valence-corrected chi connectivity index (χ3v) is 6.44. The Morgan fingerprint density at radius 1 is 1.18 bits per heavy atom. The molecule has 0 radical (unpaired) electrons. The Bertz CT molecular complexity index is 1580. The van der Waals surface area contributed by atoms with Gasteiger partial charge in [0.2, 0.25) is 0 Å². The molecule has 4 aromatic rings. The molecule has 38 heavy (non-hydrogen) atoms. The minimum Gasteiger partial charge on any atom is -0.508 e. The molecule has 2 aromatic heterocycles. The first-order chi connectivity index (χ1) is 18.2. The lowest BCUT2D eigenvalue weighted by Crippen LogP contribution is -2.56. The van der Waals surface area contributed by atoms with Crippen LogP contribution < -0.4 is 4.90 Å². The van der Waals surface area contributed by atoms with E-state index in [1.165, 1.54) is 18.6 Å². The quantitative estimate of drug-likeness (QED) is 0.405. The number of phenolic OH excluding ortho intramolecular Hbond substituents is 1. The molecule has 3 heterocycles. The number of benzene rings is 2. The molecule has 1 aliphatic heterocycles. The number of anilines is 1. The van der Waals surface area contributed by atoms with Crippen molar-refractivity contribution in [3.63, 3.8) is 0 Å². The molecule has 0 unspecified atom stereocenters. The SMILES string of the molecule is CC(C)(C)OC(=O)N1CCN(c2ncnc3c(F)c(-c4cc(O)cc5ccccc45)ncc23)C[C@@H]1CC#N. The second kappa shape index (κ2) is 9.74. The van der Waals surface area contributed by atoms with Crippen molar-refractivity contribution >= 4 is 33.6 Å². The monoisotopic (exact) mass is 514 g/mol. The number of aromatic hydroxyl groups is 1. The zero-order valence-electron chi connectivity index (χ0n) is 21.3. The first-order valence-corrected chi connectivity index (χ1v) is 12.3. The lowest BCUT2D eigenvalue weighted by Gasteiger charge is -2.41. The summed E-state index contributed by atoms with van der Waals surface area (Å²) in [5.74, 6) is -0.141. The number of pyridine rings is 1. The fourth-order valence-electron chi connectivity index (χ4n) is 4.80. The van der Waals surface area contributed by atoms with Gasteiger partial charge in [-0.2, -0.15) is 5.26 Å². The van der Waals surface area contributed by atoms with Crippen LogP contribution in [-0.4, -0.2) is 62.3 Å². The largest absolute Gasteiger partial charge is 0.508 e. The average Bonchev–Trinajstić information content (AvgIpc) is 2.87. The molecule has 1 saturated heterocycles. The van der Waals surface area contributed by atoms with Gasteiger partial charge in [-0.05, 0) is 43.7 Å². The Hall–Kier alpha value is -4.52. The molecule has 9 nitrogen and oxygen atoms in total. The number of amides is 1. The van der Waals surface area contributed by atoms with Gasteiger partial charge in [0.05, 0.1) is 23.9 Å². The summed E-state index contributed by atoms with van der Waals surface area (Å²) in [5.41, 5.74) is -0.0267. The number of aromatic nitrogens is 3. The molecule has 1 N–H and O–H groups in total. The van der Waals surface area contributed by atoms with Gasteiger partial charge in [-0.15, -0.1) is 0 Å². The molecule has 194 valence electrons. The summed E-state index contributed by atoms with van der Waals surface area (Å²) in [6.07, 6.45) is 2.47. The molecule has 1 atom stereocenters. The number of ether oxygens (including phenoxy) is 1. The highest BCUT2D eigenvalue weighted by atomic mass is 19.1. The Kier molecular flexibility index (Phi) is 6.45. The summed E-state index contributed by atoms with van der Waals surface area (Å²) in [6.45, 7) is 6.43. The normalized spacial score (nSPS) is 16.0. The number of carbonyl (C=O) groups is 1. The fourth-order valence-corrected chi connectivity index (χ4v) is 4.80. The molecule has 0 spiro atoms. The number of piperazine rings is 1. The van der Waals surface area contributed by atoms with Crippen molar-refractivity contribution in [3.05, 3.63) is 54.7 Å². The lowest BCUT2D eigenvalue weighted by atomic mass is 10.00. The summed E-state index contributed by atoms with van der Waals surface area (Å²) < 4.78 is 21.4. The molecular weight excluding hydrogens is 487 g/mol. The van der Waals surface area contributed by atoms with Crippen LogP contribution in [0.1, 0.15) is 27.2 Å². The highest BCUT2D eigenvalue weighted by molar-refractivity contribution is 5.99. The van der Waals surface area contributed by atoms with E-state index < -0.39 is 23.6 Å². The van der Waals surface area contributed by atoms with Gasteiger partial charge >= 0.3 is 6.09 Å². The van der Waals surface area contributed by atoms with Crippen LogP contribution in [0, 0.1) is 17.1 Å². The molecule has 1 fully saturated rings. The molecule has 1 amide bonds. The maximum atomic E-state index is 15.9. The Labute approximate surface area is 219 Å². The maximum Gasteiger partial charge on any atom is 0.410 e. The molecule has 5 rings (SSSR count). The molecule has 0 aliphatic carbocycles. The van der Waals surface area contributed by atoms with Gasteiger partial charge < -0.3 is 19.6 Å². The zero-order chi connectivity index (χ0) is 27.0. The van der Waals surface area contributed by atoms with Crippen molar-refractivity contribution in [2.75, 3.05) is 24.5 Å². The predicted octanol–water partition coefficient (Wildman–Crippen LogP) is 5.03. The number of phenols is 1. The molecule has 1 aliphatic rings. The van der Waals surface area contributed by atoms with Crippen LogP contribution in [0.2, 0.25) is 0 Å². The van der Waals surface area contributed by atoms with Crippen LogP contribution >= 0.6 is 0 Å². The van der Waals surface area contributed by atoms with Crippen molar-refractivity contribution in [2.45, 2.75) is 38.8 Å².